The Morgan fingerprint density at radius 3 is 2.46 bits per heavy atom. The summed E-state index contributed by atoms with van der Waals surface area (Å²) in [7, 11) is 1.62. The van der Waals surface area contributed by atoms with Crippen molar-refractivity contribution in [2.75, 3.05) is 69.3 Å². The number of non-ortho nitro benzene ring substituents is 1. The second kappa shape index (κ2) is 11.2. The van der Waals surface area contributed by atoms with Crippen LogP contribution in [-0.2, 0) is 16.0 Å². The molecule has 2 fully saturated rings. The van der Waals surface area contributed by atoms with Gasteiger partial charge in [-0.3, -0.25) is 14.9 Å². The lowest BCUT2D eigenvalue weighted by Gasteiger charge is -2.50. The molecular formula is C27H32ClN5O6. The first kappa shape index (κ1) is 26.9. The second-order valence-corrected chi connectivity index (χ2v) is 10.4. The average molecular weight is 558 g/mol. The van der Waals surface area contributed by atoms with E-state index in [1.54, 1.807) is 42.0 Å². The van der Waals surface area contributed by atoms with E-state index < -0.39 is 10.8 Å². The highest BCUT2D eigenvalue weighted by molar-refractivity contribution is 6.31. The first-order valence-corrected chi connectivity index (χ1v) is 13.5. The molecule has 0 aliphatic carbocycles. The maximum Gasteiger partial charge on any atom is 0.409 e. The Morgan fingerprint density at radius 1 is 1.03 bits per heavy atom. The van der Waals surface area contributed by atoms with Gasteiger partial charge in [0.05, 0.1) is 36.3 Å². The molecule has 0 unspecified atom stereocenters. The van der Waals surface area contributed by atoms with E-state index in [9.17, 15) is 19.7 Å². The Bertz CT molecular complexity index is 1270. The lowest BCUT2D eigenvalue weighted by atomic mass is 9.82. The summed E-state index contributed by atoms with van der Waals surface area (Å²) in [5.41, 5.74) is 2.62. The molecule has 2 aromatic rings. The Morgan fingerprint density at radius 2 is 1.77 bits per heavy atom. The van der Waals surface area contributed by atoms with Crippen LogP contribution in [-0.4, -0.2) is 92.3 Å². The van der Waals surface area contributed by atoms with E-state index in [1.807, 2.05) is 12.1 Å². The third-order valence-corrected chi connectivity index (χ3v) is 8.06. The molecule has 2 amide bonds. The number of amides is 2. The third-order valence-electron chi connectivity index (χ3n) is 7.82. The molecule has 0 N–H and O–H groups in total. The van der Waals surface area contributed by atoms with Gasteiger partial charge in [0.2, 0.25) is 5.91 Å². The number of rotatable bonds is 5. The van der Waals surface area contributed by atoms with E-state index in [-0.39, 0.29) is 23.7 Å². The Balaban J connectivity index is 1.43. The summed E-state index contributed by atoms with van der Waals surface area (Å²) < 4.78 is 10.7. The summed E-state index contributed by atoms with van der Waals surface area (Å²) in [4.78, 5) is 45.1. The van der Waals surface area contributed by atoms with Gasteiger partial charge in [-0.05, 0) is 43.2 Å². The number of hydrogen-bond donors (Lipinski definition) is 0. The minimum atomic E-state index is -0.415. The number of piperazine rings is 2. The Kier molecular flexibility index (Phi) is 7.69. The molecule has 208 valence electrons. The minimum Gasteiger partial charge on any atom is -0.495 e. The highest BCUT2D eigenvalue weighted by Crippen LogP contribution is 2.41. The van der Waals surface area contributed by atoms with Crippen molar-refractivity contribution in [3.05, 3.63) is 57.1 Å². The number of nitro groups is 1. The number of methoxy groups -OCH3 is 1. The van der Waals surface area contributed by atoms with E-state index in [4.69, 9.17) is 21.1 Å². The fourth-order valence-corrected chi connectivity index (χ4v) is 6.06. The largest absolute Gasteiger partial charge is 0.495 e. The molecule has 39 heavy (non-hydrogen) atoms. The van der Waals surface area contributed by atoms with E-state index in [2.05, 4.69) is 9.80 Å². The van der Waals surface area contributed by atoms with Crippen molar-refractivity contribution in [3.8, 4) is 5.75 Å². The lowest BCUT2D eigenvalue weighted by Crippen LogP contribution is -2.62. The van der Waals surface area contributed by atoms with Crippen LogP contribution in [0.25, 0.3) is 0 Å². The summed E-state index contributed by atoms with van der Waals surface area (Å²) >= 11 is 6.33. The standard InChI is InChI=1S/C27H32ClN5O6/c1-3-39-27(35)30-10-8-29(9-11-30)26(34)21-15-18-14-20(33(36)37)5-6-22(18)32-13-12-31(17-24(21)32)23-16-19(28)4-7-25(23)38-2/h4-7,14,16,21,24H,3,8-13,15,17H2,1-2H3/t21-,24-/m1/s1. The normalized spacial score (nSPS) is 20.7. The molecule has 0 spiro atoms. The molecule has 0 saturated carbocycles. The molecule has 3 heterocycles. The van der Waals surface area contributed by atoms with Gasteiger partial charge in [-0.2, -0.15) is 0 Å². The molecule has 0 aromatic heterocycles. The molecule has 3 aliphatic heterocycles. The van der Waals surface area contributed by atoms with Crippen molar-refractivity contribution >= 4 is 40.7 Å². The van der Waals surface area contributed by atoms with Gasteiger partial charge in [0.1, 0.15) is 5.75 Å². The molecular weight excluding hydrogens is 526 g/mol. The molecule has 0 radical (unpaired) electrons. The molecule has 2 saturated heterocycles. The van der Waals surface area contributed by atoms with Crippen LogP contribution in [0.15, 0.2) is 36.4 Å². The Labute approximate surface area is 231 Å². The van der Waals surface area contributed by atoms with Crippen molar-refractivity contribution in [2.45, 2.75) is 19.4 Å². The number of carbonyl (C=O) groups is 2. The molecule has 2 aromatic carbocycles. The second-order valence-electron chi connectivity index (χ2n) is 9.91. The van der Waals surface area contributed by atoms with Gasteiger partial charge in [0.25, 0.3) is 5.69 Å². The van der Waals surface area contributed by atoms with Crippen LogP contribution < -0.4 is 14.5 Å². The number of benzene rings is 2. The SMILES string of the molecule is CCOC(=O)N1CCN(C(=O)[C@@H]2Cc3cc([N+](=O)[O-])ccc3N3CCN(c4cc(Cl)ccc4OC)C[C@H]23)CC1. The van der Waals surface area contributed by atoms with Crippen molar-refractivity contribution < 1.29 is 24.0 Å². The summed E-state index contributed by atoms with van der Waals surface area (Å²) in [6.45, 7) is 5.56. The molecule has 3 aliphatic rings. The third kappa shape index (κ3) is 5.27. The van der Waals surface area contributed by atoms with Gasteiger partial charge < -0.3 is 29.1 Å². The number of nitrogens with zero attached hydrogens (tertiary/aromatic N) is 5. The topological polar surface area (TPSA) is 109 Å². The first-order chi connectivity index (χ1) is 18.8. The van der Waals surface area contributed by atoms with Crippen LogP contribution in [0, 0.1) is 16.0 Å². The zero-order chi connectivity index (χ0) is 27.7. The number of carbonyl (C=O) groups excluding carboxylic acids is 2. The predicted molar refractivity (Wildman–Crippen MR) is 147 cm³/mol. The fraction of sp³-hybridized carbons (Fsp3) is 0.481. The molecule has 11 nitrogen and oxygen atoms in total. The summed E-state index contributed by atoms with van der Waals surface area (Å²) in [5.74, 6) is 0.282. The zero-order valence-corrected chi connectivity index (χ0v) is 22.8. The Hall–Kier alpha value is -3.73. The van der Waals surface area contributed by atoms with Gasteiger partial charge in [0, 0.05) is 68.7 Å². The van der Waals surface area contributed by atoms with E-state index in [0.717, 1.165) is 16.9 Å². The lowest BCUT2D eigenvalue weighted by molar-refractivity contribution is -0.384. The highest BCUT2D eigenvalue weighted by Gasteiger charge is 2.44. The van der Waals surface area contributed by atoms with Crippen molar-refractivity contribution in [2.24, 2.45) is 5.92 Å². The zero-order valence-electron chi connectivity index (χ0n) is 22.0. The van der Waals surface area contributed by atoms with Crippen molar-refractivity contribution in [1.29, 1.82) is 0 Å². The van der Waals surface area contributed by atoms with E-state index in [1.165, 1.54) is 6.07 Å². The van der Waals surface area contributed by atoms with E-state index >= 15 is 0 Å². The van der Waals surface area contributed by atoms with Gasteiger partial charge in [-0.1, -0.05) is 11.6 Å². The van der Waals surface area contributed by atoms with Crippen molar-refractivity contribution in [3.63, 3.8) is 0 Å². The number of nitro benzene ring substituents is 1. The van der Waals surface area contributed by atoms with Crippen LogP contribution in [0.1, 0.15) is 12.5 Å². The minimum absolute atomic E-state index is 0.00873. The highest BCUT2D eigenvalue weighted by atomic mass is 35.5. The first-order valence-electron chi connectivity index (χ1n) is 13.1. The monoisotopic (exact) mass is 557 g/mol. The number of halogens is 1. The van der Waals surface area contributed by atoms with Gasteiger partial charge in [-0.25, -0.2) is 4.79 Å². The summed E-state index contributed by atoms with van der Waals surface area (Å²) in [5, 5.41) is 12.1. The van der Waals surface area contributed by atoms with Crippen LogP contribution in [0.2, 0.25) is 5.02 Å². The smallest absolute Gasteiger partial charge is 0.409 e. The molecule has 5 rings (SSSR count). The average Bonchev–Trinajstić information content (AvgIpc) is 2.95. The van der Waals surface area contributed by atoms with Crippen LogP contribution in [0.5, 0.6) is 5.75 Å². The van der Waals surface area contributed by atoms with Gasteiger partial charge >= 0.3 is 6.09 Å². The molecule has 0 bridgehead atoms. The summed E-state index contributed by atoms with van der Waals surface area (Å²) in [6, 6.07) is 10.3. The number of anilines is 2. The van der Waals surface area contributed by atoms with Crippen molar-refractivity contribution in [1.82, 2.24) is 9.80 Å². The maximum absolute atomic E-state index is 14.0. The number of hydrogen-bond acceptors (Lipinski definition) is 8. The number of fused-ring (bicyclic) bond motifs is 3. The molecule has 12 heteroatoms. The van der Waals surface area contributed by atoms with Gasteiger partial charge in [-0.15, -0.1) is 0 Å². The molecule has 2 atom stereocenters. The quantitative estimate of drug-likeness (QED) is 0.406. The fourth-order valence-electron chi connectivity index (χ4n) is 5.90. The maximum atomic E-state index is 14.0. The van der Waals surface area contributed by atoms with E-state index in [0.29, 0.717) is 69.6 Å². The van der Waals surface area contributed by atoms with Crippen LogP contribution >= 0.6 is 11.6 Å². The van der Waals surface area contributed by atoms with Crippen LogP contribution in [0.4, 0.5) is 21.9 Å². The van der Waals surface area contributed by atoms with Crippen LogP contribution in [0.3, 0.4) is 0 Å². The predicted octanol–water partition coefficient (Wildman–Crippen LogP) is 3.43. The number of ether oxygens (including phenoxy) is 2. The van der Waals surface area contributed by atoms with Gasteiger partial charge in [0.15, 0.2) is 0 Å². The summed E-state index contributed by atoms with van der Waals surface area (Å²) in [6.07, 6.45) is 0.0309.